The van der Waals surface area contributed by atoms with Gasteiger partial charge >= 0.3 is 11.9 Å². The van der Waals surface area contributed by atoms with Gasteiger partial charge in [0.05, 0.1) is 40.3 Å². The molecule has 0 N–H and O–H groups in total. The fourth-order valence-corrected chi connectivity index (χ4v) is 9.94. The lowest BCUT2D eigenvalue weighted by Gasteiger charge is -2.26. The summed E-state index contributed by atoms with van der Waals surface area (Å²) in [5, 5.41) is 11.8. The number of carboxylic acid groups (broad SMARTS) is 1. The van der Waals surface area contributed by atoms with Gasteiger partial charge in [0, 0.05) is 12.8 Å². The van der Waals surface area contributed by atoms with Gasteiger partial charge in [-0.05, 0) is 51.4 Å². The number of hydrogen-bond acceptors (Lipinski definition) is 8. The van der Waals surface area contributed by atoms with E-state index in [1.54, 1.807) is 0 Å². The van der Waals surface area contributed by atoms with Crippen molar-refractivity contribution in [2.45, 2.75) is 334 Å². The maximum Gasteiger partial charge on any atom is 0.306 e. The van der Waals surface area contributed by atoms with Gasteiger partial charge in [-0.15, -0.1) is 0 Å². The van der Waals surface area contributed by atoms with Crippen LogP contribution in [-0.4, -0.2) is 82.3 Å². The summed E-state index contributed by atoms with van der Waals surface area (Å²) in [5.41, 5.74) is 0. The number of likely N-dealkylation sites (N-methyl/N-ethyl adjacent to an activating group) is 1. The first-order chi connectivity index (χ1) is 38.6. The van der Waals surface area contributed by atoms with Crippen molar-refractivity contribution in [1.29, 1.82) is 0 Å². The van der Waals surface area contributed by atoms with Crippen LogP contribution in [0.4, 0.5) is 0 Å². The average Bonchev–Trinajstić information content (AvgIpc) is 3.42. The molecule has 0 fully saturated rings. The minimum Gasteiger partial charge on any atom is -0.545 e. The molecular weight excluding hydrogens is 983 g/mol. The number of ether oxygens (including phenoxy) is 4. The second-order valence-corrected chi connectivity index (χ2v) is 24.1. The van der Waals surface area contributed by atoms with Crippen molar-refractivity contribution >= 4 is 17.9 Å². The highest BCUT2D eigenvalue weighted by atomic mass is 16.7. The maximum atomic E-state index is 12.9. The highest BCUT2D eigenvalue weighted by Gasteiger charge is 2.22. The number of allylic oxidation sites excluding steroid dienone is 8. The van der Waals surface area contributed by atoms with Crippen LogP contribution in [0.5, 0.6) is 0 Å². The van der Waals surface area contributed by atoms with Crippen LogP contribution in [0.15, 0.2) is 48.6 Å². The number of carboxylic acids is 1. The van der Waals surface area contributed by atoms with Crippen LogP contribution in [0.25, 0.3) is 0 Å². The number of carbonyl (C=O) groups is 3. The number of aliphatic carboxylic acids is 1. The van der Waals surface area contributed by atoms with E-state index in [1.807, 2.05) is 21.1 Å². The number of hydrogen-bond donors (Lipinski definition) is 0. The lowest BCUT2D eigenvalue weighted by molar-refractivity contribution is -0.870. The Labute approximate surface area is 489 Å². The summed E-state index contributed by atoms with van der Waals surface area (Å²) in [7, 11) is 5.94. The Morgan fingerprint density at radius 2 is 0.722 bits per heavy atom. The molecule has 2 unspecified atom stereocenters. The Morgan fingerprint density at radius 3 is 1.08 bits per heavy atom. The van der Waals surface area contributed by atoms with Crippen LogP contribution in [0.2, 0.25) is 0 Å². The first kappa shape index (κ1) is 76.2. The standard InChI is InChI=1S/C70H129NO8/c1-6-8-10-12-14-16-18-20-22-24-26-28-30-32-33-34-35-37-38-40-42-44-46-48-50-52-54-56-58-60-67(72)77-64-66(65-78-70(69(74)75)76-63-62-71(3,4)5)79-68(73)61-59-57-55-53-51-49-47-45-43-41-39-36-31-29-27-25-23-21-19-17-15-13-11-9-7-2/h9,11,15,17,21,23,27,29,66,70H,6-8,10,12-14,16,18-20,22,24-26,28,30-65H2,1-5H3/b11-9-,17-15-,23-21-,29-27-. The average molecular weight is 1110 g/mol. The summed E-state index contributed by atoms with van der Waals surface area (Å²) < 4.78 is 22.8. The molecule has 0 aliphatic rings. The van der Waals surface area contributed by atoms with E-state index in [0.717, 1.165) is 64.2 Å². The molecule has 462 valence electrons. The Hall–Kier alpha value is -2.75. The summed E-state index contributed by atoms with van der Waals surface area (Å²) >= 11 is 0. The molecule has 0 aromatic carbocycles. The highest BCUT2D eigenvalue weighted by Crippen LogP contribution is 2.18. The van der Waals surface area contributed by atoms with Crippen molar-refractivity contribution in [3.8, 4) is 0 Å². The quantitative estimate of drug-likeness (QED) is 0.0195. The molecule has 0 amide bonds. The molecule has 0 heterocycles. The summed E-state index contributed by atoms with van der Waals surface area (Å²) in [6.45, 7) is 4.69. The zero-order valence-corrected chi connectivity index (χ0v) is 52.8. The molecule has 0 aliphatic carbocycles. The number of carbonyl (C=O) groups excluding carboxylic acids is 3. The minimum absolute atomic E-state index is 0.148. The van der Waals surface area contributed by atoms with Gasteiger partial charge in [-0.1, -0.05) is 306 Å². The maximum absolute atomic E-state index is 12.9. The van der Waals surface area contributed by atoms with Gasteiger partial charge in [0.2, 0.25) is 0 Å². The molecule has 0 radical (unpaired) electrons. The fourth-order valence-electron chi connectivity index (χ4n) is 9.94. The summed E-state index contributed by atoms with van der Waals surface area (Å²) in [6, 6.07) is 0. The second kappa shape index (κ2) is 61.3. The number of nitrogens with zero attached hydrogens (tertiary/aromatic N) is 1. The van der Waals surface area contributed by atoms with Gasteiger partial charge in [0.15, 0.2) is 12.4 Å². The lowest BCUT2D eigenvalue weighted by Crippen LogP contribution is -2.44. The first-order valence-corrected chi connectivity index (χ1v) is 33.8. The Bertz CT molecular complexity index is 1430. The summed E-state index contributed by atoms with van der Waals surface area (Å²) in [4.78, 5) is 37.4. The van der Waals surface area contributed by atoms with Crippen molar-refractivity contribution in [2.24, 2.45) is 0 Å². The predicted molar refractivity (Wildman–Crippen MR) is 334 cm³/mol. The predicted octanol–water partition coefficient (Wildman–Crippen LogP) is 19.2. The molecule has 9 heteroatoms. The van der Waals surface area contributed by atoms with E-state index in [2.05, 4.69) is 62.5 Å². The van der Waals surface area contributed by atoms with Crippen LogP contribution >= 0.6 is 0 Å². The van der Waals surface area contributed by atoms with Crippen molar-refractivity contribution in [2.75, 3.05) is 47.5 Å². The van der Waals surface area contributed by atoms with Crippen LogP contribution < -0.4 is 5.11 Å². The molecule has 9 nitrogen and oxygen atoms in total. The minimum atomic E-state index is -1.62. The Morgan fingerprint density at radius 1 is 0.392 bits per heavy atom. The number of rotatable bonds is 63. The van der Waals surface area contributed by atoms with E-state index in [-0.39, 0.29) is 32.2 Å². The molecule has 2 atom stereocenters. The van der Waals surface area contributed by atoms with Crippen molar-refractivity contribution in [3.05, 3.63) is 48.6 Å². The largest absolute Gasteiger partial charge is 0.545 e. The first-order valence-electron chi connectivity index (χ1n) is 33.8. The molecule has 0 aliphatic heterocycles. The fraction of sp³-hybridized carbons (Fsp3) is 0.843. The van der Waals surface area contributed by atoms with Gasteiger partial charge in [-0.25, -0.2) is 0 Å². The molecule has 0 bridgehead atoms. The van der Waals surface area contributed by atoms with Gasteiger partial charge in [0.1, 0.15) is 13.2 Å². The number of esters is 2. The zero-order valence-electron chi connectivity index (χ0n) is 52.8. The number of quaternary nitrogens is 1. The van der Waals surface area contributed by atoms with E-state index in [1.165, 1.54) is 225 Å². The topological polar surface area (TPSA) is 111 Å². The van der Waals surface area contributed by atoms with E-state index in [9.17, 15) is 19.5 Å². The Balaban J connectivity index is 4.10. The van der Waals surface area contributed by atoms with Gasteiger partial charge in [0.25, 0.3) is 0 Å². The molecule has 0 spiro atoms. The molecule has 0 aromatic rings. The van der Waals surface area contributed by atoms with Gasteiger partial charge in [-0.3, -0.25) is 9.59 Å². The van der Waals surface area contributed by atoms with Crippen LogP contribution in [0.3, 0.4) is 0 Å². The van der Waals surface area contributed by atoms with Gasteiger partial charge in [-0.2, -0.15) is 0 Å². The van der Waals surface area contributed by atoms with E-state index in [0.29, 0.717) is 23.9 Å². The summed E-state index contributed by atoms with van der Waals surface area (Å²) in [6.07, 6.45) is 74.7. The smallest absolute Gasteiger partial charge is 0.306 e. The van der Waals surface area contributed by atoms with Crippen molar-refractivity contribution < 1.29 is 42.9 Å². The lowest BCUT2D eigenvalue weighted by atomic mass is 10.0. The van der Waals surface area contributed by atoms with E-state index < -0.39 is 24.3 Å². The summed E-state index contributed by atoms with van der Waals surface area (Å²) in [5.74, 6) is -2.26. The van der Waals surface area contributed by atoms with Crippen molar-refractivity contribution in [3.63, 3.8) is 0 Å². The third-order valence-corrected chi connectivity index (χ3v) is 15.1. The molecule has 0 saturated heterocycles. The molecule has 0 saturated carbocycles. The van der Waals surface area contributed by atoms with E-state index >= 15 is 0 Å². The van der Waals surface area contributed by atoms with Crippen LogP contribution in [0, 0.1) is 0 Å². The second-order valence-electron chi connectivity index (χ2n) is 24.1. The SMILES string of the molecule is CC/C=C\C/C=C\C/C=C\C/C=C\CCCCCCCCCCCCCCC(=O)OC(COC(=O)CCCCCCCCCCCCCCCCCCCCCCCCCCCCCCC)COC(OCC[N+](C)(C)C)C(=O)[O-]. The normalized spacial score (nSPS) is 13.0. The number of unbranched alkanes of at least 4 members (excludes halogenated alkanes) is 40. The Kier molecular flexibility index (Phi) is 59.2. The molecule has 79 heavy (non-hydrogen) atoms. The third-order valence-electron chi connectivity index (χ3n) is 15.1. The third kappa shape index (κ3) is 62.7. The van der Waals surface area contributed by atoms with Crippen molar-refractivity contribution in [1.82, 2.24) is 0 Å². The van der Waals surface area contributed by atoms with Gasteiger partial charge < -0.3 is 33.3 Å². The van der Waals surface area contributed by atoms with Crippen LogP contribution in [-0.2, 0) is 33.3 Å². The van der Waals surface area contributed by atoms with Crippen LogP contribution in [0.1, 0.15) is 322 Å². The monoisotopic (exact) mass is 1110 g/mol. The molecular formula is C70H129NO8. The molecule has 0 aromatic heterocycles. The molecule has 0 rings (SSSR count). The highest BCUT2D eigenvalue weighted by molar-refractivity contribution is 5.70. The van der Waals surface area contributed by atoms with E-state index in [4.69, 9.17) is 18.9 Å². The zero-order chi connectivity index (χ0) is 57.6.